The van der Waals surface area contributed by atoms with Gasteiger partial charge in [-0.15, -0.1) is 0 Å². The van der Waals surface area contributed by atoms with Crippen molar-refractivity contribution in [3.63, 3.8) is 0 Å². The normalized spacial score (nSPS) is 15.2. The van der Waals surface area contributed by atoms with E-state index in [0.717, 1.165) is 0 Å². The van der Waals surface area contributed by atoms with E-state index in [1.54, 1.807) is 6.07 Å². The number of benzene rings is 1. The van der Waals surface area contributed by atoms with Crippen molar-refractivity contribution in [2.45, 2.75) is 32.4 Å². The van der Waals surface area contributed by atoms with Crippen molar-refractivity contribution in [3.8, 4) is 0 Å². The van der Waals surface area contributed by atoms with Gasteiger partial charge in [-0.25, -0.2) is 4.39 Å². The molecule has 3 N–H and O–H groups in total. The molecule has 0 heterocycles. The fraction of sp³-hybridized carbons (Fsp3) is 0.500. The van der Waals surface area contributed by atoms with Crippen molar-refractivity contribution < 1.29 is 9.50 Å². The number of nitrogens with two attached hydrogens (primary N) is 1. The van der Waals surface area contributed by atoms with Gasteiger partial charge in [-0.3, -0.25) is 0 Å². The predicted octanol–water partition coefficient (Wildman–Crippen LogP) is 2.89. The summed E-state index contributed by atoms with van der Waals surface area (Å²) in [7, 11) is 0. The largest absolute Gasteiger partial charge is 0.387 e. The molecule has 0 spiro atoms. The monoisotopic (exact) mass is 245 g/mol. The highest BCUT2D eigenvalue weighted by atomic mass is 35.5. The summed E-state index contributed by atoms with van der Waals surface area (Å²) in [5, 5.41) is 9.97. The molecule has 0 aliphatic carbocycles. The highest BCUT2D eigenvalue weighted by Crippen LogP contribution is 2.23. The van der Waals surface area contributed by atoms with Crippen LogP contribution in [0.4, 0.5) is 4.39 Å². The van der Waals surface area contributed by atoms with Crippen LogP contribution >= 0.6 is 11.6 Å². The lowest BCUT2D eigenvalue weighted by Crippen LogP contribution is -2.29. The van der Waals surface area contributed by atoms with Crippen LogP contribution in [-0.4, -0.2) is 11.1 Å². The molecule has 0 aliphatic rings. The maximum absolute atomic E-state index is 13.2. The molecule has 4 heteroatoms. The molecule has 16 heavy (non-hydrogen) atoms. The first-order chi connectivity index (χ1) is 7.41. The Kier molecular flexibility index (Phi) is 4.71. The van der Waals surface area contributed by atoms with Crippen LogP contribution in [0.1, 0.15) is 31.9 Å². The van der Waals surface area contributed by atoms with Crippen LogP contribution in [0.25, 0.3) is 0 Å². The SMILES string of the molecule is CC(C)CC(N)C(O)c1ccc(Cl)c(F)c1. The second kappa shape index (κ2) is 5.62. The van der Waals surface area contributed by atoms with E-state index >= 15 is 0 Å². The van der Waals surface area contributed by atoms with E-state index in [1.807, 2.05) is 13.8 Å². The minimum absolute atomic E-state index is 0.0494. The van der Waals surface area contributed by atoms with Crippen molar-refractivity contribution >= 4 is 11.6 Å². The number of hydrogen-bond acceptors (Lipinski definition) is 2. The fourth-order valence-electron chi connectivity index (χ4n) is 1.62. The predicted molar refractivity (Wildman–Crippen MR) is 63.8 cm³/mol. The molecule has 90 valence electrons. The van der Waals surface area contributed by atoms with Gasteiger partial charge in [0.15, 0.2) is 0 Å². The molecule has 0 radical (unpaired) electrons. The zero-order valence-corrected chi connectivity index (χ0v) is 10.2. The second-order valence-corrected chi connectivity index (χ2v) is 4.82. The molecular weight excluding hydrogens is 229 g/mol. The number of aliphatic hydroxyl groups excluding tert-OH is 1. The minimum Gasteiger partial charge on any atom is -0.387 e. The topological polar surface area (TPSA) is 46.2 Å². The maximum Gasteiger partial charge on any atom is 0.142 e. The van der Waals surface area contributed by atoms with Crippen LogP contribution in [0.5, 0.6) is 0 Å². The summed E-state index contributed by atoms with van der Waals surface area (Å²) in [6, 6.07) is 3.86. The lowest BCUT2D eigenvalue weighted by atomic mass is 9.95. The molecule has 2 atom stereocenters. The summed E-state index contributed by atoms with van der Waals surface area (Å²) >= 11 is 5.56. The third kappa shape index (κ3) is 3.44. The molecule has 1 aromatic rings. The van der Waals surface area contributed by atoms with Gasteiger partial charge in [-0.2, -0.15) is 0 Å². The molecule has 1 rings (SSSR count). The van der Waals surface area contributed by atoms with Crippen LogP contribution < -0.4 is 5.73 Å². The molecule has 0 fully saturated rings. The summed E-state index contributed by atoms with van der Waals surface area (Å²) in [6.45, 7) is 4.05. The summed E-state index contributed by atoms with van der Waals surface area (Å²) in [5.41, 5.74) is 6.30. The van der Waals surface area contributed by atoms with E-state index in [0.29, 0.717) is 17.9 Å². The first-order valence-electron chi connectivity index (χ1n) is 5.30. The van der Waals surface area contributed by atoms with E-state index in [-0.39, 0.29) is 11.1 Å². The van der Waals surface area contributed by atoms with Crippen molar-refractivity contribution in [2.24, 2.45) is 11.7 Å². The zero-order valence-electron chi connectivity index (χ0n) is 9.45. The Morgan fingerprint density at radius 2 is 2.06 bits per heavy atom. The van der Waals surface area contributed by atoms with E-state index in [4.69, 9.17) is 17.3 Å². The van der Waals surface area contributed by atoms with Crippen molar-refractivity contribution in [1.29, 1.82) is 0 Å². The van der Waals surface area contributed by atoms with Crippen molar-refractivity contribution in [2.75, 3.05) is 0 Å². The van der Waals surface area contributed by atoms with Gasteiger partial charge in [-0.1, -0.05) is 31.5 Å². The van der Waals surface area contributed by atoms with Crippen LogP contribution in [0.2, 0.25) is 5.02 Å². The second-order valence-electron chi connectivity index (χ2n) is 4.41. The molecule has 0 aliphatic heterocycles. The van der Waals surface area contributed by atoms with Crippen LogP contribution in [0, 0.1) is 11.7 Å². The van der Waals surface area contributed by atoms with Gasteiger partial charge in [0.1, 0.15) is 5.82 Å². The van der Waals surface area contributed by atoms with Crippen LogP contribution in [-0.2, 0) is 0 Å². The van der Waals surface area contributed by atoms with Crippen molar-refractivity contribution in [1.82, 2.24) is 0 Å². The first-order valence-corrected chi connectivity index (χ1v) is 5.68. The Hall–Kier alpha value is -0.640. The molecule has 0 saturated heterocycles. The van der Waals surface area contributed by atoms with Gasteiger partial charge in [0.05, 0.1) is 11.1 Å². The Morgan fingerprint density at radius 1 is 1.44 bits per heavy atom. The standard InChI is InChI=1S/C12H17ClFNO/c1-7(2)5-11(15)12(16)8-3-4-9(13)10(14)6-8/h3-4,6-7,11-12,16H,5,15H2,1-2H3. The molecule has 0 bridgehead atoms. The maximum atomic E-state index is 13.2. The summed E-state index contributed by atoms with van der Waals surface area (Å²) < 4.78 is 13.2. The summed E-state index contributed by atoms with van der Waals surface area (Å²) in [5.74, 6) is -0.142. The van der Waals surface area contributed by atoms with Gasteiger partial charge in [-0.05, 0) is 30.0 Å². The average molecular weight is 246 g/mol. The van der Waals surface area contributed by atoms with Gasteiger partial charge < -0.3 is 10.8 Å². The summed E-state index contributed by atoms with van der Waals surface area (Å²) in [4.78, 5) is 0. The third-order valence-corrected chi connectivity index (χ3v) is 2.74. The van der Waals surface area contributed by atoms with Gasteiger partial charge >= 0.3 is 0 Å². The molecule has 0 aromatic heterocycles. The zero-order chi connectivity index (χ0) is 12.3. The van der Waals surface area contributed by atoms with Gasteiger partial charge in [0.25, 0.3) is 0 Å². The van der Waals surface area contributed by atoms with E-state index in [2.05, 4.69) is 0 Å². The molecular formula is C12H17ClFNO. The Labute approximate surface area is 100 Å². The van der Waals surface area contributed by atoms with Gasteiger partial charge in [0.2, 0.25) is 0 Å². The molecule has 2 unspecified atom stereocenters. The number of aliphatic hydroxyl groups is 1. The number of rotatable bonds is 4. The Bertz CT molecular complexity index is 357. The first kappa shape index (κ1) is 13.4. The van der Waals surface area contributed by atoms with E-state index < -0.39 is 11.9 Å². The molecule has 2 nitrogen and oxygen atoms in total. The van der Waals surface area contributed by atoms with Crippen LogP contribution in [0.15, 0.2) is 18.2 Å². The number of hydrogen-bond donors (Lipinski definition) is 2. The lowest BCUT2D eigenvalue weighted by molar-refractivity contribution is 0.135. The highest BCUT2D eigenvalue weighted by molar-refractivity contribution is 6.30. The molecule has 1 aromatic carbocycles. The van der Waals surface area contributed by atoms with Crippen LogP contribution in [0.3, 0.4) is 0 Å². The van der Waals surface area contributed by atoms with Gasteiger partial charge in [0, 0.05) is 6.04 Å². The minimum atomic E-state index is -0.853. The summed E-state index contributed by atoms with van der Waals surface area (Å²) in [6.07, 6.45) is -0.167. The average Bonchev–Trinajstić information content (AvgIpc) is 2.20. The van der Waals surface area contributed by atoms with E-state index in [9.17, 15) is 9.50 Å². The fourth-order valence-corrected chi connectivity index (χ4v) is 1.73. The quantitative estimate of drug-likeness (QED) is 0.857. The highest BCUT2D eigenvalue weighted by Gasteiger charge is 2.18. The van der Waals surface area contributed by atoms with Crippen molar-refractivity contribution in [3.05, 3.63) is 34.6 Å². The Morgan fingerprint density at radius 3 is 2.56 bits per heavy atom. The lowest BCUT2D eigenvalue weighted by Gasteiger charge is -2.21. The van der Waals surface area contributed by atoms with E-state index in [1.165, 1.54) is 12.1 Å². The molecule has 0 saturated carbocycles. The Balaban J connectivity index is 2.79. The molecule has 0 amide bonds. The smallest absolute Gasteiger partial charge is 0.142 e. The number of halogens is 2. The third-order valence-electron chi connectivity index (χ3n) is 2.43.